The van der Waals surface area contributed by atoms with Crippen molar-refractivity contribution in [2.75, 3.05) is 13.2 Å². The molecular weight excluding hydrogens is 190 g/mol. The molecule has 0 aromatic heterocycles. The number of fused-ring (bicyclic) bond motifs is 2. The summed E-state index contributed by atoms with van der Waals surface area (Å²) in [5.74, 6) is 0.145. The van der Waals surface area contributed by atoms with Gasteiger partial charge in [0.1, 0.15) is 0 Å². The molecule has 2 aliphatic rings. The molecule has 3 heteroatoms. The van der Waals surface area contributed by atoms with Gasteiger partial charge in [-0.05, 0) is 18.6 Å². The minimum absolute atomic E-state index is 0.145. The van der Waals surface area contributed by atoms with Gasteiger partial charge < -0.3 is 9.64 Å². The van der Waals surface area contributed by atoms with E-state index in [1.165, 1.54) is 0 Å². The molecule has 2 aliphatic heterocycles. The van der Waals surface area contributed by atoms with Gasteiger partial charge in [0.05, 0.1) is 18.8 Å². The van der Waals surface area contributed by atoms with E-state index in [0.29, 0.717) is 12.6 Å². The van der Waals surface area contributed by atoms with Gasteiger partial charge in [0.25, 0.3) is 5.91 Å². The van der Waals surface area contributed by atoms with Gasteiger partial charge in [-0.2, -0.15) is 0 Å². The molecule has 1 aromatic carbocycles. The molecule has 2 atom stereocenters. The summed E-state index contributed by atoms with van der Waals surface area (Å²) in [5.41, 5.74) is 0.782. The number of benzene rings is 1. The monoisotopic (exact) mass is 203 g/mol. The van der Waals surface area contributed by atoms with E-state index >= 15 is 0 Å². The van der Waals surface area contributed by atoms with Crippen LogP contribution in [-0.2, 0) is 4.74 Å². The third-order valence-corrected chi connectivity index (χ3v) is 3.18. The standard InChI is InChI=1S/C12H13NO2/c14-12(9-4-2-1-3-5-9)13-7-11-6-10(13)8-15-11/h1-5,10-11H,6-8H2/t10-,11-/m1/s1. The van der Waals surface area contributed by atoms with E-state index in [1.807, 2.05) is 35.2 Å². The van der Waals surface area contributed by atoms with Crippen LogP contribution in [0.1, 0.15) is 16.8 Å². The molecule has 1 aromatic rings. The first kappa shape index (κ1) is 8.92. The number of morpholine rings is 1. The van der Waals surface area contributed by atoms with Crippen LogP contribution < -0.4 is 0 Å². The molecule has 15 heavy (non-hydrogen) atoms. The smallest absolute Gasteiger partial charge is 0.254 e. The van der Waals surface area contributed by atoms with Crippen LogP contribution in [0.25, 0.3) is 0 Å². The van der Waals surface area contributed by atoms with Crippen LogP contribution >= 0.6 is 0 Å². The normalized spacial score (nSPS) is 28.4. The summed E-state index contributed by atoms with van der Waals surface area (Å²) in [4.78, 5) is 14.1. The maximum absolute atomic E-state index is 12.1. The van der Waals surface area contributed by atoms with Gasteiger partial charge in [0.2, 0.25) is 0 Å². The Morgan fingerprint density at radius 2 is 2.13 bits per heavy atom. The summed E-state index contributed by atoms with van der Waals surface area (Å²) in [6.07, 6.45) is 1.29. The topological polar surface area (TPSA) is 29.5 Å². The van der Waals surface area contributed by atoms with E-state index in [9.17, 15) is 4.79 Å². The van der Waals surface area contributed by atoms with E-state index in [2.05, 4.69) is 0 Å². The molecule has 78 valence electrons. The molecule has 0 spiro atoms. The van der Waals surface area contributed by atoms with Crippen molar-refractivity contribution in [2.45, 2.75) is 18.6 Å². The maximum Gasteiger partial charge on any atom is 0.254 e. The van der Waals surface area contributed by atoms with Crippen molar-refractivity contribution in [3.05, 3.63) is 35.9 Å². The van der Waals surface area contributed by atoms with Gasteiger partial charge in [-0.15, -0.1) is 0 Å². The Bertz CT molecular complexity index is 376. The summed E-state index contributed by atoms with van der Waals surface area (Å²) >= 11 is 0. The first-order chi connectivity index (χ1) is 7.34. The molecule has 2 bridgehead atoms. The predicted molar refractivity (Wildman–Crippen MR) is 55.6 cm³/mol. The highest BCUT2D eigenvalue weighted by Crippen LogP contribution is 2.28. The third-order valence-electron chi connectivity index (χ3n) is 3.18. The molecular formula is C12H13NO2. The second kappa shape index (κ2) is 3.35. The second-order valence-electron chi connectivity index (χ2n) is 4.17. The zero-order valence-electron chi connectivity index (χ0n) is 8.43. The van der Waals surface area contributed by atoms with Crippen LogP contribution in [-0.4, -0.2) is 36.1 Å². The van der Waals surface area contributed by atoms with Crippen LogP contribution in [0.15, 0.2) is 30.3 Å². The molecule has 3 rings (SSSR count). The Balaban J connectivity index is 1.81. The summed E-state index contributed by atoms with van der Waals surface area (Å²) in [6.45, 7) is 1.47. The molecule has 0 saturated carbocycles. The van der Waals surface area contributed by atoms with E-state index < -0.39 is 0 Å². The summed E-state index contributed by atoms with van der Waals surface area (Å²) in [5, 5.41) is 0. The number of hydrogen-bond acceptors (Lipinski definition) is 2. The van der Waals surface area contributed by atoms with Crippen LogP contribution in [0, 0.1) is 0 Å². The molecule has 1 amide bonds. The first-order valence-corrected chi connectivity index (χ1v) is 5.32. The van der Waals surface area contributed by atoms with Crippen LogP contribution in [0.5, 0.6) is 0 Å². The molecule has 0 aliphatic carbocycles. The third kappa shape index (κ3) is 1.43. The van der Waals surface area contributed by atoms with E-state index in [1.54, 1.807) is 0 Å². The van der Waals surface area contributed by atoms with Gasteiger partial charge in [0, 0.05) is 12.1 Å². The fourth-order valence-electron chi connectivity index (χ4n) is 2.39. The summed E-state index contributed by atoms with van der Waals surface area (Å²) in [6, 6.07) is 9.78. The number of carbonyl (C=O) groups is 1. The lowest BCUT2D eigenvalue weighted by atomic mass is 10.2. The second-order valence-corrected chi connectivity index (χ2v) is 4.17. The number of amides is 1. The Morgan fingerprint density at radius 1 is 1.33 bits per heavy atom. The zero-order valence-corrected chi connectivity index (χ0v) is 8.43. The van der Waals surface area contributed by atoms with Crippen molar-refractivity contribution in [3.8, 4) is 0 Å². The molecule has 2 saturated heterocycles. The highest BCUT2D eigenvalue weighted by Gasteiger charge is 2.41. The minimum Gasteiger partial charge on any atom is -0.374 e. The van der Waals surface area contributed by atoms with Gasteiger partial charge in [0.15, 0.2) is 0 Å². The number of carbonyl (C=O) groups excluding carboxylic acids is 1. The fraction of sp³-hybridized carbons (Fsp3) is 0.417. The van der Waals surface area contributed by atoms with Crippen molar-refractivity contribution in [1.82, 2.24) is 4.90 Å². The highest BCUT2D eigenvalue weighted by molar-refractivity contribution is 5.94. The van der Waals surface area contributed by atoms with E-state index in [0.717, 1.165) is 18.5 Å². The number of rotatable bonds is 1. The lowest BCUT2D eigenvalue weighted by molar-refractivity contribution is 0.0259. The van der Waals surface area contributed by atoms with Crippen molar-refractivity contribution in [3.63, 3.8) is 0 Å². The molecule has 0 radical (unpaired) electrons. The predicted octanol–water partition coefficient (Wildman–Crippen LogP) is 1.30. The lowest BCUT2D eigenvalue weighted by Crippen LogP contribution is -2.41. The van der Waals surface area contributed by atoms with E-state index in [-0.39, 0.29) is 12.0 Å². The largest absolute Gasteiger partial charge is 0.374 e. The Kier molecular flexibility index (Phi) is 1.99. The Morgan fingerprint density at radius 3 is 2.73 bits per heavy atom. The molecule has 3 nitrogen and oxygen atoms in total. The highest BCUT2D eigenvalue weighted by atomic mass is 16.5. The molecule has 2 fully saturated rings. The maximum atomic E-state index is 12.1. The van der Waals surface area contributed by atoms with Crippen LogP contribution in [0.3, 0.4) is 0 Å². The number of ether oxygens (including phenoxy) is 1. The minimum atomic E-state index is 0.145. The van der Waals surface area contributed by atoms with Crippen molar-refractivity contribution >= 4 is 5.91 Å². The van der Waals surface area contributed by atoms with Crippen molar-refractivity contribution in [2.24, 2.45) is 0 Å². The molecule has 0 N–H and O–H groups in total. The summed E-state index contributed by atoms with van der Waals surface area (Å²) < 4.78 is 5.47. The quantitative estimate of drug-likeness (QED) is 0.688. The summed E-state index contributed by atoms with van der Waals surface area (Å²) in [7, 11) is 0. The van der Waals surface area contributed by atoms with Gasteiger partial charge in [-0.25, -0.2) is 0 Å². The Labute approximate surface area is 88.6 Å². The van der Waals surface area contributed by atoms with Crippen LogP contribution in [0.4, 0.5) is 0 Å². The number of hydrogen-bond donors (Lipinski definition) is 0. The fourth-order valence-corrected chi connectivity index (χ4v) is 2.39. The molecule has 2 heterocycles. The van der Waals surface area contributed by atoms with Crippen molar-refractivity contribution in [1.29, 1.82) is 0 Å². The average molecular weight is 203 g/mol. The SMILES string of the molecule is O=C(c1ccccc1)N1C[C@H]2C[C@@H]1CO2. The average Bonchev–Trinajstić information content (AvgIpc) is 2.91. The first-order valence-electron chi connectivity index (χ1n) is 5.32. The van der Waals surface area contributed by atoms with Gasteiger partial charge >= 0.3 is 0 Å². The zero-order chi connectivity index (χ0) is 10.3. The van der Waals surface area contributed by atoms with Gasteiger partial charge in [-0.1, -0.05) is 18.2 Å². The lowest BCUT2D eigenvalue weighted by Gasteiger charge is -2.26. The van der Waals surface area contributed by atoms with E-state index in [4.69, 9.17) is 4.74 Å². The van der Waals surface area contributed by atoms with Gasteiger partial charge in [-0.3, -0.25) is 4.79 Å². The molecule has 0 unspecified atom stereocenters. The Hall–Kier alpha value is -1.35. The number of nitrogens with zero attached hydrogens (tertiary/aromatic N) is 1. The van der Waals surface area contributed by atoms with Crippen LogP contribution in [0.2, 0.25) is 0 Å². The number of likely N-dealkylation sites (tertiary alicyclic amines) is 1. The van der Waals surface area contributed by atoms with Crippen molar-refractivity contribution < 1.29 is 9.53 Å².